The van der Waals surface area contributed by atoms with Gasteiger partial charge in [-0.05, 0) is 42.7 Å². The Morgan fingerprint density at radius 1 is 1.22 bits per heavy atom. The van der Waals surface area contributed by atoms with E-state index in [1.165, 1.54) is 0 Å². The molecule has 0 saturated carbocycles. The number of amides is 1. The lowest BCUT2D eigenvalue weighted by Gasteiger charge is -2.15. The van der Waals surface area contributed by atoms with Crippen LogP contribution >= 0.6 is 15.9 Å². The van der Waals surface area contributed by atoms with Crippen LogP contribution in [0.1, 0.15) is 24.0 Å². The molecule has 1 N–H and O–H groups in total. The van der Waals surface area contributed by atoms with Crippen LogP contribution in [0.25, 0.3) is 0 Å². The molecular formula is C18H18BrNO3. The van der Waals surface area contributed by atoms with Gasteiger partial charge in [-0.15, -0.1) is 0 Å². The van der Waals surface area contributed by atoms with Gasteiger partial charge in [0.25, 0.3) is 0 Å². The van der Waals surface area contributed by atoms with Crippen LogP contribution in [-0.2, 0) is 11.2 Å². The normalized spacial score (nSPS) is 16.0. The van der Waals surface area contributed by atoms with E-state index in [-0.39, 0.29) is 11.8 Å². The molecular weight excluding hydrogens is 358 g/mol. The Morgan fingerprint density at radius 2 is 2.00 bits per heavy atom. The summed E-state index contributed by atoms with van der Waals surface area (Å²) in [6.07, 6.45) is 0.605. The number of nitrogens with one attached hydrogen (secondary N) is 1. The van der Waals surface area contributed by atoms with Gasteiger partial charge in [0.1, 0.15) is 0 Å². The van der Waals surface area contributed by atoms with E-state index < -0.39 is 0 Å². The zero-order chi connectivity index (χ0) is 16.4. The van der Waals surface area contributed by atoms with Gasteiger partial charge in [-0.2, -0.15) is 0 Å². The molecule has 3 rings (SSSR count). The van der Waals surface area contributed by atoms with E-state index >= 15 is 0 Å². The third-order valence-electron chi connectivity index (χ3n) is 3.97. The zero-order valence-corrected chi connectivity index (χ0v) is 14.6. The first-order valence-corrected chi connectivity index (χ1v) is 8.32. The summed E-state index contributed by atoms with van der Waals surface area (Å²) in [7, 11) is 1.62. The predicted molar refractivity (Wildman–Crippen MR) is 93.4 cm³/mol. The van der Waals surface area contributed by atoms with Crippen molar-refractivity contribution in [2.24, 2.45) is 0 Å². The highest BCUT2D eigenvalue weighted by Crippen LogP contribution is 2.39. The van der Waals surface area contributed by atoms with E-state index in [4.69, 9.17) is 9.47 Å². The molecule has 2 aromatic carbocycles. The molecule has 1 atom stereocenters. The van der Waals surface area contributed by atoms with Crippen molar-refractivity contribution >= 4 is 27.5 Å². The quantitative estimate of drug-likeness (QED) is 0.854. The lowest BCUT2D eigenvalue weighted by Crippen LogP contribution is -2.14. The summed E-state index contributed by atoms with van der Waals surface area (Å²) in [4.78, 5) is 12.3. The number of anilines is 1. The molecule has 5 heteroatoms. The Kier molecular flexibility index (Phi) is 4.57. The number of hydrogen-bond donors (Lipinski definition) is 1. The topological polar surface area (TPSA) is 47.6 Å². The maximum absolute atomic E-state index is 12.3. The van der Waals surface area contributed by atoms with Gasteiger partial charge in [0.05, 0.1) is 19.6 Å². The Balaban J connectivity index is 1.94. The van der Waals surface area contributed by atoms with Crippen LogP contribution in [0, 0.1) is 0 Å². The molecule has 120 valence electrons. The molecule has 4 nitrogen and oxygen atoms in total. The highest BCUT2D eigenvalue weighted by Gasteiger charge is 2.30. The van der Waals surface area contributed by atoms with Gasteiger partial charge in [0, 0.05) is 10.2 Å². The summed E-state index contributed by atoms with van der Waals surface area (Å²) >= 11 is 3.57. The van der Waals surface area contributed by atoms with Crippen molar-refractivity contribution in [2.45, 2.75) is 19.3 Å². The van der Waals surface area contributed by atoms with E-state index in [0.29, 0.717) is 24.5 Å². The maximum Gasteiger partial charge on any atom is 0.232 e. The van der Waals surface area contributed by atoms with Crippen LogP contribution in [0.3, 0.4) is 0 Å². The van der Waals surface area contributed by atoms with Crippen LogP contribution in [0.5, 0.6) is 11.5 Å². The van der Waals surface area contributed by atoms with Crippen molar-refractivity contribution < 1.29 is 14.3 Å². The van der Waals surface area contributed by atoms with Gasteiger partial charge < -0.3 is 14.8 Å². The Hall–Kier alpha value is -2.01. The predicted octanol–water partition coefficient (Wildman–Crippen LogP) is 4.13. The largest absolute Gasteiger partial charge is 0.493 e. The Morgan fingerprint density at radius 3 is 2.74 bits per heavy atom. The van der Waals surface area contributed by atoms with Crippen LogP contribution in [0.4, 0.5) is 5.69 Å². The Bertz CT molecular complexity index is 745. The number of benzene rings is 2. The van der Waals surface area contributed by atoms with Gasteiger partial charge >= 0.3 is 0 Å². The van der Waals surface area contributed by atoms with Crippen molar-refractivity contribution in [3.63, 3.8) is 0 Å². The monoisotopic (exact) mass is 375 g/mol. The van der Waals surface area contributed by atoms with E-state index in [2.05, 4.69) is 21.2 Å². The lowest BCUT2D eigenvalue weighted by molar-refractivity contribution is -0.117. The first kappa shape index (κ1) is 15.9. The number of hydrogen-bond acceptors (Lipinski definition) is 3. The van der Waals surface area contributed by atoms with E-state index in [9.17, 15) is 4.79 Å². The van der Waals surface area contributed by atoms with Gasteiger partial charge in [-0.1, -0.05) is 34.1 Å². The lowest BCUT2D eigenvalue weighted by atomic mass is 9.93. The smallest absolute Gasteiger partial charge is 0.232 e. The van der Waals surface area contributed by atoms with Gasteiger partial charge in [-0.3, -0.25) is 4.79 Å². The molecule has 0 radical (unpaired) electrons. The summed E-state index contributed by atoms with van der Waals surface area (Å²) in [6.45, 7) is 2.49. The standard InChI is InChI=1S/C18H18BrNO3/c1-3-23-17-9-11(14(19)10-16(17)22-2)8-13-12-6-4-5-7-15(12)20-18(13)21/h4-7,9-10,13H,3,8H2,1-2H3,(H,20,21)/t13-/m0/s1. The van der Waals surface area contributed by atoms with Crippen molar-refractivity contribution in [1.82, 2.24) is 0 Å². The summed E-state index contributed by atoms with van der Waals surface area (Å²) in [5.41, 5.74) is 2.96. The number of rotatable bonds is 5. The molecule has 0 bridgehead atoms. The highest BCUT2D eigenvalue weighted by molar-refractivity contribution is 9.10. The van der Waals surface area contributed by atoms with Crippen molar-refractivity contribution in [2.75, 3.05) is 19.0 Å². The fourth-order valence-corrected chi connectivity index (χ4v) is 3.34. The highest BCUT2D eigenvalue weighted by atomic mass is 79.9. The SMILES string of the molecule is CCOc1cc(C[C@@H]2C(=O)Nc3ccccc32)c(Br)cc1OC. The molecule has 0 unspecified atom stereocenters. The minimum atomic E-state index is -0.189. The minimum Gasteiger partial charge on any atom is -0.493 e. The summed E-state index contributed by atoms with van der Waals surface area (Å²) < 4.78 is 11.9. The average molecular weight is 376 g/mol. The molecule has 1 heterocycles. The molecule has 0 aromatic heterocycles. The fourth-order valence-electron chi connectivity index (χ4n) is 2.86. The maximum atomic E-state index is 12.3. The minimum absolute atomic E-state index is 0.0341. The number of para-hydroxylation sites is 1. The molecule has 23 heavy (non-hydrogen) atoms. The number of carbonyl (C=O) groups excluding carboxylic acids is 1. The molecule has 0 saturated heterocycles. The van der Waals surface area contributed by atoms with Crippen LogP contribution < -0.4 is 14.8 Å². The average Bonchev–Trinajstić information content (AvgIpc) is 2.86. The fraction of sp³-hybridized carbons (Fsp3) is 0.278. The second-order valence-electron chi connectivity index (χ2n) is 5.36. The second kappa shape index (κ2) is 6.62. The van der Waals surface area contributed by atoms with E-state index in [1.807, 2.05) is 43.3 Å². The first-order chi connectivity index (χ1) is 11.1. The number of carbonyl (C=O) groups is 1. The first-order valence-electron chi connectivity index (χ1n) is 7.53. The van der Waals surface area contributed by atoms with Gasteiger partial charge in [-0.25, -0.2) is 0 Å². The molecule has 2 aromatic rings. The second-order valence-corrected chi connectivity index (χ2v) is 6.22. The van der Waals surface area contributed by atoms with Crippen LogP contribution in [0.15, 0.2) is 40.9 Å². The van der Waals surface area contributed by atoms with Gasteiger partial charge in [0.15, 0.2) is 11.5 Å². The molecule has 1 aliphatic rings. The molecule has 1 amide bonds. The van der Waals surface area contributed by atoms with E-state index in [1.54, 1.807) is 7.11 Å². The molecule has 1 aliphatic heterocycles. The number of halogens is 1. The number of ether oxygens (including phenoxy) is 2. The summed E-state index contributed by atoms with van der Waals surface area (Å²) in [6, 6.07) is 11.7. The zero-order valence-electron chi connectivity index (χ0n) is 13.1. The van der Waals surface area contributed by atoms with Crippen molar-refractivity contribution in [3.05, 3.63) is 52.0 Å². The molecule has 0 spiro atoms. The van der Waals surface area contributed by atoms with Gasteiger partial charge in [0.2, 0.25) is 5.91 Å². The third kappa shape index (κ3) is 3.06. The van der Waals surface area contributed by atoms with Crippen molar-refractivity contribution in [1.29, 1.82) is 0 Å². The molecule has 0 fully saturated rings. The molecule has 0 aliphatic carbocycles. The number of methoxy groups -OCH3 is 1. The summed E-state index contributed by atoms with van der Waals surface area (Å²) in [5, 5.41) is 2.94. The van der Waals surface area contributed by atoms with Crippen LogP contribution in [-0.4, -0.2) is 19.6 Å². The summed E-state index contributed by atoms with van der Waals surface area (Å²) in [5.74, 6) is 1.22. The Labute approximate surface area is 143 Å². The van der Waals surface area contributed by atoms with Crippen molar-refractivity contribution in [3.8, 4) is 11.5 Å². The third-order valence-corrected chi connectivity index (χ3v) is 4.71. The van der Waals surface area contributed by atoms with Crippen LogP contribution in [0.2, 0.25) is 0 Å². The van der Waals surface area contributed by atoms with E-state index in [0.717, 1.165) is 21.3 Å². The number of fused-ring (bicyclic) bond motifs is 1.